The molecule has 4 nitrogen and oxygen atoms in total. The Bertz CT molecular complexity index is 485. The third-order valence-corrected chi connectivity index (χ3v) is 2.71. The number of nitrogens with zero attached hydrogens (tertiary/aromatic N) is 1. The van der Waals surface area contributed by atoms with E-state index in [-0.39, 0.29) is 11.5 Å². The number of hydrogen-bond donors (Lipinski definition) is 2. The van der Waals surface area contributed by atoms with Crippen LogP contribution in [0.25, 0.3) is 10.2 Å². The van der Waals surface area contributed by atoms with Crippen LogP contribution in [-0.2, 0) is 0 Å². The average Bonchev–Trinajstić information content (AvgIpc) is 2.33. The first-order chi connectivity index (χ1) is 5.68. The minimum absolute atomic E-state index is 0.157. The van der Waals surface area contributed by atoms with Gasteiger partial charge in [0.1, 0.15) is 4.70 Å². The molecule has 0 saturated carbocycles. The molecule has 2 aromatic rings. The quantitative estimate of drug-likeness (QED) is 0.633. The lowest BCUT2D eigenvalue weighted by molar-refractivity contribution is 1.19. The number of aromatic nitrogens is 2. The van der Waals surface area contributed by atoms with Crippen molar-refractivity contribution in [3.05, 3.63) is 21.3 Å². The van der Waals surface area contributed by atoms with Gasteiger partial charge in [0.05, 0.1) is 5.52 Å². The maximum atomic E-state index is 11.2. The van der Waals surface area contributed by atoms with Crippen LogP contribution < -0.4 is 11.3 Å². The summed E-state index contributed by atoms with van der Waals surface area (Å²) in [4.78, 5) is 17.7. The molecule has 2 aromatic heterocycles. The number of fused-ring (bicyclic) bond motifs is 1. The van der Waals surface area contributed by atoms with Gasteiger partial charge in [0, 0.05) is 0 Å². The lowest BCUT2D eigenvalue weighted by Crippen LogP contribution is -2.09. The van der Waals surface area contributed by atoms with Crippen molar-refractivity contribution in [2.45, 2.75) is 6.92 Å². The second-order valence-electron chi connectivity index (χ2n) is 2.55. The Morgan fingerprint density at radius 3 is 3.17 bits per heavy atom. The standard InChI is InChI=1S/C7H7N3OS/c1-3-2-12-5-4(3)9-7(8)10-6(5)11/h2H,1H3,(H3,8,9,10,11). The van der Waals surface area contributed by atoms with E-state index in [1.807, 2.05) is 12.3 Å². The van der Waals surface area contributed by atoms with E-state index in [1.54, 1.807) is 0 Å². The van der Waals surface area contributed by atoms with Crippen LogP contribution in [0.2, 0.25) is 0 Å². The topological polar surface area (TPSA) is 71.8 Å². The number of anilines is 1. The number of thiophene rings is 1. The molecule has 0 spiro atoms. The molecular formula is C7H7N3OS. The maximum absolute atomic E-state index is 11.2. The van der Waals surface area contributed by atoms with E-state index >= 15 is 0 Å². The zero-order chi connectivity index (χ0) is 8.72. The Morgan fingerprint density at radius 2 is 2.42 bits per heavy atom. The molecule has 0 saturated heterocycles. The highest BCUT2D eigenvalue weighted by Gasteiger charge is 2.05. The van der Waals surface area contributed by atoms with Crippen molar-refractivity contribution in [1.82, 2.24) is 9.97 Å². The van der Waals surface area contributed by atoms with Crippen molar-refractivity contribution in [2.24, 2.45) is 0 Å². The fraction of sp³-hybridized carbons (Fsp3) is 0.143. The average molecular weight is 181 g/mol. The third-order valence-electron chi connectivity index (χ3n) is 1.62. The summed E-state index contributed by atoms with van der Waals surface area (Å²) in [7, 11) is 0. The van der Waals surface area contributed by atoms with Gasteiger partial charge in [-0.3, -0.25) is 9.78 Å². The van der Waals surface area contributed by atoms with Gasteiger partial charge in [-0.15, -0.1) is 11.3 Å². The summed E-state index contributed by atoms with van der Waals surface area (Å²) in [5.41, 5.74) is 6.94. The van der Waals surface area contributed by atoms with Crippen LogP contribution in [-0.4, -0.2) is 9.97 Å². The lowest BCUT2D eigenvalue weighted by atomic mass is 10.3. The van der Waals surface area contributed by atoms with Gasteiger partial charge < -0.3 is 5.73 Å². The first-order valence-corrected chi connectivity index (χ1v) is 4.30. The van der Waals surface area contributed by atoms with E-state index in [9.17, 15) is 4.79 Å². The molecule has 2 rings (SSSR count). The number of rotatable bonds is 0. The molecule has 0 amide bonds. The van der Waals surface area contributed by atoms with Gasteiger partial charge in [-0.25, -0.2) is 4.98 Å². The Labute approximate surface area is 72.1 Å². The molecule has 0 aliphatic heterocycles. The van der Waals surface area contributed by atoms with Crippen molar-refractivity contribution in [3.63, 3.8) is 0 Å². The number of nitrogens with two attached hydrogens (primary N) is 1. The molecule has 5 heteroatoms. The summed E-state index contributed by atoms with van der Waals surface area (Å²) < 4.78 is 0.640. The van der Waals surface area contributed by atoms with Crippen LogP contribution in [0.1, 0.15) is 5.56 Å². The summed E-state index contributed by atoms with van der Waals surface area (Å²) >= 11 is 1.39. The van der Waals surface area contributed by atoms with Gasteiger partial charge in [0.15, 0.2) is 0 Å². The third kappa shape index (κ3) is 0.902. The minimum atomic E-state index is -0.157. The van der Waals surface area contributed by atoms with E-state index in [2.05, 4.69) is 9.97 Å². The van der Waals surface area contributed by atoms with Crippen molar-refractivity contribution in [2.75, 3.05) is 5.73 Å². The van der Waals surface area contributed by atoms with Crippen molar-refractivity contribution < 1.29 is 0 Å². The molecule has 0 atom stereocenters. The van der Waals surface area contributed by atoms with Gasteiger partial charge in [-0.1, -0.05) is 0 Å². The first-order valence-electron chi connectivity index (χ1n) is 3.42. The van der Waals surface area contributed by atoms with Crippen molar-refractivity contribution in [1.29, 1.82) is 0 Å². The molecule has 3 N–H and O–H groups in total. The predicted octanol–water partition coefficient (Wildman–Crippen LogP) is 0.875. The molecule has 0 aromatic carbocycles. The highest BCUT2D eigenvalue weighted by molar-refractivity contribution is 7.17. The number of aromatic amines is 1. The number of nitrogen functional groups attached to an aromatic ring is 1. The second-order valence-corrected chi connectivity index (χ2v) is 3.43. The predicted molar refractivity (Wildman–Crippen MR) is 49.4 cm³/mol. The molecule has 0 radical (unpaired) electrons. The second kappa shape index (κ2) is 2.31. The van der Waals surface area contributed by atoms with Crippen LogP contribution in [0.3, 0.4) is 0 Å². The molecule has 0 aliphatic rings. The monoisotopic (exact) mass is 181 g/mol. The maximum Gasteiger partial charge on any atom is 0.270 e. The Kier molecular flexibility index (Phi) is 1.41. The number of nitrogens with one attached hydrogen (secondary N) is 1. The van der Waals surface area contributed by atoms with Gasteiger partial charge >= 0.3 is 0 Å². The highest BCUT2D eigenvalue weighted by Crippen LogP contribution is 2.19. The van der Waals surface area contributed by atoms with Crippen molar-refractivity contribution in [3.8, 4) is 0 Å². The SMILES string of the molecule is Cc1csc2c(=O)[nH]c(N)nc12. The molecule has 0 unspecified atom stereocenters. The largest absolute Gasteiger partial charge is 0.369 e. The van der Waals surface area contributed by atoms with Crippen LogP contribution in [0.4, 0.5) is 5.95 Å². The lowest BCUT2D eigenvalue weighted by Gasteiger charge is -1.92. The van der Waals surface area contributed by atoms with Gasteiger partial charge in [-0.05, 0) is 17.9 Å². The summed E-state index contributed by atoms with van der Waals surface area (Å²) in [6, 6.07) is 0. The van der Waals surface area contributed by atoms with E-state index in [1.165, 1.54) is 11.3 Å². The Morgan fingerprint density at radius 1 is 1.67 bits per heavy atom. The Balaban J connectivity index is 3.03. The fourth-order valence-corrected chi connectivity index (χ4v) is 1.94. The van der Waals surface area contributed by atoms with Crippen LogP contribution in [0, 0.1) is 6.92 Å². The molecule has 0 bridgehead atoms. The van der Waals surface area contributed by atoms with E-state index in [4.69, 9.17) is 5.73 Å². The number of hydrogen-bond acceptors (Lipinski definition) is 4. The molecule has 0 aliphatic carbocycles. The van der Waals surface area contributed by atoms with Crippen LogP contribution >= 0.6 is 11.3 Å². The summed E-state index contributed by atoms with van der Waals surface area (Å²) in [5, 5.41) is 1.90. The zero-order valence-corrected chi connectivity index (χ0v) is 7.23. The van der Waals surface area contributed by atoms with Crippen molar-refractivity contribution >= 4 is 27.5 Å². The molecule has 2 heterocycles. The summed E-state index contributed by atoms with van der Waals surface area (Å²) in [5.74, 6) is 0.175. The first kappa shape index (κ1) is 7.30. The van der Waals surface area contributed by atoms with Crippen LogP contribution in [0.5, 0.6) is 0 Å². The van der Waals surface area contributed by atoms with E-state index in [0.717, 1.165) is 5.56 Å². The molecular weight excluding hydrogens is 174 g/mol. The van der Waals surface area contributed by atoms with Gasteiger partial charge in [0.25, 0.3) is 5.56 Å². The highest BCUT2D eigenvalue weighted by atomic mass is 32.1. The number of aryl methyl sites for hydroxylation is 1. The zero-order valence-electron chi connectivity index (χ0n) is 6.42. The van der Waals surface area contributed by atoms with Crippen LogP contribution in [0.15, 0.2) is 10.2 Å². The van der Waals surface area contributed by atoms with Gasteiger partial charge in [0.2, 0.25) is 5.95 Å². The van der Waals surface area contributed by atoms with Gasteiger partial charge in [-0.2, -0.15) is 0 Å². The normalized spacial score (nSPS) is 10.8. The Hall–Kier alpha value is -1.36. The fourth-order valence-electron chi connectivity index (χ4n) is 1.06. The number of H-pyrrole nitrogens is 1. The molecule has 62 valence electrons. The smallest absolute Gasteiger partial charge is 0.270 e. The molecule has 0 fully saturated rings. The summed E-state index contributed by atoms with van der Waals surface area (Å²) in [6.45, 7) is 1.91. The molecule has 12 heavy (non-hydrogen) atoms. The minimum Gasteiger partial charge on any atom is -0.369 e. The van der Waals surface area contributed by atoms with E-state index in [0.29, 0.717) is 10.2 Å². The van der Waals surface area contributed by atoms with E-state index < -0.39 is 0 Å². The summed E-state index contributed by atoms with van der Waals surface area (Å²) in [6.07, 6.45) is 0.